The third-order valence-electron chi connectivity index (χ3n) is 4.42. The zero-order valence-electron chi connectivity index (χ0n) is 14.6. The highest BCUT2D eigenvalue weighted by Gasteiger charge is 2.30. The van der Waals surface area contributed by atoms with Gasteiger partial charge in [-0.3, -0.25) is 9.59 Å². The van der Waals surface area contributed by atoms with Crippen LogP contribution in [0.2, 0.25) is 5.02 Å². The van der Waals surface area contributed by atoms with Crippen molar-refractivity contribution in [3.8, 4) is 0 Å². The first kappa shape index (κ1) is 18.3. The number of carbonyl (C=O) groups is 2. The number of likely N-dealkylation sites (N-methyl/N-ethyl adjacent to an activating group) is 1. The standard InChI is InChI=1S/C17H21ClN6O2/c1-19-16(25)15-7-14(8-20-15)24-10-13(21-22-24)9-23(2)17(26)11-4-3-5-12(18)6-11/h3-6,10,14-15,20H,7-9H2,1-2H3,(H,19,25)/t14-,15+/m1/s1. The van der Waals surface area contributed by atoms with Gasteiger partial charge in [-0.05, 0) is 24.6 Å². The third kappa shape index (κ3) is 4.03. The summed E-state index contributed by atoms with van der Waals surface area (Å²) in [4.78, 5) is 25.7. The maximum Gasteiger partial charge on any atom is 0.254 e. The van der Waals surface area contributed by atoms with E-state index in [1.165, 1.54) is 0 Å². The zero-order valence-corrected chi connectivity index (χ0v) is 15.4. The van der Waals surface area contributed by atoms with Crippen molar-refractivity contribution in [3.63, 3.8) is 0 Å². The molecule has 0 bridgehead atoms. The van der Waals surface area contributed by atoms with Crippen molar-refractivity contribution < 1.29 is 9.59 Å². The van der Waals surface area contributed by atoms with Crippen molar-refractivity contribution >= 4 is 23.4 Å². The minimum absolute atomic E-state index is 0.0281. The van der Waals surface area contributed by atoms with Crippen LogP contribution in [-0.2, 0) is 11.3 Å². The quantitative estimate of drug-likeness (QED) is 0.807. The molecule has 9 heteroatoms. The topological polar surface area (TPSA) is 92.2 Å². The Morgan fingerprint density at radius 1 is 1.46 bits per heavy atom. The zero-order chi connectivity index (χ0) is 18.7. The highest BCUT2D eigenvalue weighted by molar-refractivity contribution is 6.30. The Hall–Kier alpha value is -2.45. The number of nitrogens with one attached hydrogen (secondary N) is 2. The number of rotatable bonds is 5. The molecule has 2 atom stereocenters. The first-order valence-corrected chi connectivity index (χ1v) is 8.72. The minimum atomic E-state index is -0.218. The average Bonchev–Trinajstić information content (AvgIpc) is 3.29. The molecule has 1 saturated heterocycles. The van der Waals surface area contributed by atoms with E-state index in [-0.39, 0.29) is 23.9 Å². The lowest BCUT2D eigenvalue weighted by molar-refractivity contribution is -0.122. The molecule has 2 heterocycles. The van der Waals surface area contributed by atoms with Crippen molar-refractivity contribution in [2.75, 3.05) is 20.6 Å². The summed E-state index contributed by atoms with van der Waals surface area (Å²) in [6, 6.07) is 6.68. The van der Waals surface area contributed by atoms with Crippen LogP contribution in [0.3, 0.4) is 0 Å². The van der Waals surface area contributed by atoms with Gasteiger partial charge in [-0.1, -0.05) is 22.9 Å². The molecule has 2 N–H and O–H groups in total. The number of hydrogen-bond donors (Lipinski definition) is 2. The van der Waals surface area contributed by atoms with Crippen LogP contribution in [0, 0.1) is 0 Å². The fourth-order valence-electron chi connectivity index (χ4n) is 3.01. The van der Waals surface area contributed by atoms with Gasteiger partial charge in [-0.2, -0.15) is 0 Å². The summed E-state index contributed by atoms with van der Waals surface area (Å²) in [6.45, 7) is 0.989. The molecule has 138 valence electrons. The fraction of sp³-hybridized carbons (Fsp3) is 0.412. The van der Waals surface area contributed by atoms with E-state index in [2.05, 4.69) is 20.9 Å². The summed E-state index contributed by atoms with van der Waals surface area (Å²) in [7, 11) is 3.33. The average molecular weight is 377 g/mol. The predicted molar refractivity (Wildman–Crippen MR) is 96.8 cm³/mol. The number of hydrogen-bond acceptors (Lipinski definition) is 5. The Morgan fingerprint density at radius 3 is 3.00 bits per heavy atom. The van der Waals surface area contributed by atoms with E-state index in [1.807, 2.05) is 6.20 Å². The molecule has 1 aromatic heterocycles. The lowest BCUT2D eigenvalue weighted by atomic mass is 10.1. The molecule has 1 aromatic carbocycles. The van der Waals surface area contributed by atoms with Gasteiger partial charge in [0.05, 0.1) is 24.8 Å². The molecule has 0 saturated carbocycles. The van der Waals surface area contributed by atoms with Crippen LogP contribution >= 0.6 is 11.6 Å². The van der Waals surface area contributed by atoms with Gasteiger partial charge in [0.15, 0.2) is 0 Å². The van der Waals surface area contributed by atoms with Crippen LogP contribution in [0.15, 0.2) is 30.5 Å². The Morgan fingerprint density at radius 2 is 2.27 bits per heavy atom. The summed E-state index contributed by atoms with van der Waals surface area (Å²) >= 11 is 5.94. The van der Waals surface area contributed by atoms with Gasteiger partial charge < -0.3 is 15.5 Å². The number of halogens is 1. The second-order valence-electron chi connectivity index (χ2n) is 6.33. The van der Waals surface area contributed by atoms with Gasteiger partial charge in [0.2, 0.25) is 5.91 Å². The summed E-state index contributed by atoms with van der Waals surface area (Å²) in [6.07, 6.45) is 2.47. The smallest absolute Gasteiger partial charge is 0.254 e. The lowest BCUT2D eigenvalue weighted by Gasteiger charge is -2.15. The molecular weight excluding hydrogens is 356 g/mol. The Balaban J connectivity index is 1.62. The normalized spacial score (nSPS) is 19.3. The van der Waals surface area contributed by atoms with Crippen molar-refractivity contribution in [2.24, 2.45) is 0 Å². The van der Waals surface area contributed by atoms with Crippen LogP contribution in [-0.4, -0.2) is 58.4 Å². The van der Waals surface area contributed by atoms with Crippen LogP contribution in [0.25, 0.3) is 0 Å². The van der Waals surface area contributed by atoms with Gasteiger partial charge >= 0.3 is 0 Å². The van der Waals surface area contributed by atoms with E-state index >= 15 is 0 Å². The highest BCUT2D eigenvalue weighted by Crippen LogP contribution is 2.19. The number of aromatic nitrogens is 3. The van der Waals surface area contributed by atoms with Gasteiger partial charge in [0, 0.05) is 31.2 Å². The summed E-state index contributed by atoms with van der Waals surface area (Å²) in [5.41, 5.74) is 1.21. The van der Waals surface area contributed by atoms with E-state index in [0.717, 1.165) is 0 Å². The number of benzene rings is 1. The number of carbonyl (C=O) groups excluding carboxylic acids is 2. The van der Waals surface area contributed by atoms with Gasteiger partial charge in [-0.25, -0.2) is 4.68 Å². The number of amides is 2. The molecule has 1 fully saturated rings. The van der Waals surface area contributed by atoms with E-state index < -0.39 is 0 Å². The second kappa shape index (κ2) is 7.84. The van der Waals surface area contributed by atoms with E-state index in [1.54, 1.807) is 47.9 Å². The van der Waals surface area contributed by atoms with Gasteiger partial charge in [0.25, 0.3) is 5.91 Å². The first-order valence-electron chi connectivity index (χ1n) is 8.34. The molecule has 1 aliphatic heterocycles. The predicted octanol–water partition coefficient (Wildman–Crippen LogP) is 0.853. The minimum Gasteiger partial charge on any atom is -0.358 e. The molecule has 0 unspecified atom stereocenters. The highest BCUT2D eigenvalue weighted by atomic mass is 35.5. The Bertz CT molecular complexity index is 808. The van der Waals surface area contributed by atoms with Crippen molar-refractivity contribution in [2.45, 2.75) is 25.0 Å². The van der Waals surface area contributed by atoms with Crippen molar-refractivity contribution in [1.29, 1.82) is 0 Å². The maximum absolute atomic E-state index is 12.5. The van der Waals surface area contributed by atoms with Crippen molar-refractivity contribution in [3.05, 3.63) is 46.7 Å². The van der Waals surface area contributed by atoms with E-state index in [0.29, 0.717) is 35.8 Å². The molecule has 3 rings (SSSR count). The van der Waals surface area contributed by atoms with E-state index in [4.69, 9.17) is 11.6 Å². The van der Waals surface area contributed by atoms with Gasteiger partial charge in [-0.15, -0.1) is 5.10 Å². The molecule has 1 aliphatic rings. The largest absolute Gasteiger partial charge is 0.358 e. The SMILES string of the molecule is CNC(=O)[C@@H]1C[C@@H](n2cc(CN(C)C(=O)c3cccc(Cl)c3)nn2)CN1. The summed E-state index contributed by atoms with van der Waals surface area (Å²) in [5.74, 6) is -0.163. The van der Waals surface area contributed by atoms with E-state index in [9.17, 15) is 9.59 Å². The summed E-state index contributed by atoms with van der Waals surface area (Å²) < 4.78 is 1.75. The van der Waals surface area contributed by atoms with Crippen LogP contribution in [0.4, 0.5) is 0 Å². The van der Waals surface area contributed by atoms with Crippen LogP contribution in [0.5, 0.6) is 0 Å². The fourth-order valence-corrected chi connectivity index (χ4v) is 3.20. The molecule has 26 heavy (non-hydrogen) atoms. The summed E-state index contributed by atoms with van der Waals surface area (Å²) in [5, 5.41) is 14.6. The third-order valence-corrected chi connectivity index (χ3v) is 4.65. The Labute approximate surface area is 156 Å². The van der Waals surface area contributed by atoms with Gasteiger partial charge in [0.1, 0.15) is 5.69 Å². The van der Waals surface area contributed by atoms with Crippen LogP contribution in [0.1, 0.15) is 28.5 Å². The first-order chi connectivity index (χ1) is 12.5. The molecule has 0 aliphatic carbocycles. The lowest BCUT2D eigenvalue weighted by Crippen LogP contribution is -2.38. The maximum atomic E-state index is 12.5. The molecule has 2 amide bonds. The number of nitrogens with zero attached hydrogens (tertiary/aromatic N) is 4. The molecule has 0 radical (unpaired) electrons. The molecule has 0 spiro atoms. The molecular formula is C17H21ClN6O2. The van der Waals surface area contributed by atoms with Crippen LogP contribution < -0.4 is 10.6 Å². The second-order valence-corrected chi connectivity index (χ2v) is 6.76. The van der Waals surface area contributed by atoms with Crippen molar-refractivity contribution in [1.82, 2.24) is 30.5 Å². The monoisotopic (exact) mass is 376 g/mol. The Kier molecular flexibility index (Phi) is 5.53. The molecule has 2 aromatic rings. The molecule has 8 nitrogen and oxygen atoms in total.